The number of nitrogens with zero attached hydrogens (tertiary/aromatic N) is 1. The second kappa shape index (κ2) is 5.73. The Morgan fingerprint density at radius 3 is 2.60 bits per heavy atom. The second-order valence-corrected chi connectivity index (χ2v) is 8.44. The van der Waals surface area contributed by atoms with Crippen LogP contribution in [0.2, 0.25) is 5.02 Å². The zero-order valence-electron chi connectivity index (χ0n) is 11.1. The number of hydrogen-bond acceptors (Lipinski definition) is 4. The van der Waals surface area contributed by atoms with Gasteiger partial charge >= 0.3 is 0 Å². The molecule has 0 aliphatic carbocycles. The quantitative estimate of drug-likeness (QED) is 0.876. The van der Waals surface area contributed by atoms with Crippen molar-refractivity contribution in [2.45, 2.75) is 17.7 Å². The molecule has 0 radical (unpaired) electrons. The van der Waals surface area contributed by atoms with Gasteiger partial charge in [-0.05, 0) is 42.8 Å². The van der Waals surface area contributed by atoms with Gasteiger partial charge in [-0.25, -0.2) is 8.42 Å². The van der Waals surface area contributed by atoms with Crippen LogP contribution in [0.4, 0.5) is 5.69 Å². The molecule has 1 aromatic carbocycles. The van der Waals surface area contributed by atoms with Gasteiger partial charge in [0.15, 0.2) is 0 Å². The second-order valence-electron chi connectivity index (χ2n) is 4.48. The highest BCUT2D eigenvalue weighted by Gasteiger charge is 2.23. The largest absolute Gasteiger partial charge is 0.399 e. The normalized spacial score (nSPS) is 12.0. The van der Waals surface area contributed by atoms with Crippen molar-refractivity contribution >= 4 is 38.6 Å². The van der Waals surface area contributed by atoms with Gasteiger partial charge in [0.2, 0.25) is 0 Å². The minimum absolute atomic E-state index is 0.184. The number of nitrogens with two attached hydrogens (primary N) is 1. The molecule has 0 saturated carbocycles. The van der Waals surface area contributed by atoms with E-state index in [2.05, 4.69) is 0 Å². The highest BCUT2D eigenvalue weighted by atomic mass is 35.5. The van der Waals surface area contributed by atoms with Crippen LogP contribution in [0.5, 0.6) is 0 Å². The molecule has 0 unspecified atom stereocenters. The Kier molecular flexibility index (Phi) is 4.39. The molecule has 0 atom stereocenters. The maximum atomic E-state index is 12.4. The van der Waals surface area contributed by atoms with Crippen molar-refractivity contribution in [1.82, 2.24) is 4.31 Å². The molecule has 108 valence electrons. The molecule has 4 nitrogen and oxygen atoms in total. The summed E-state index contributed by atoms with van der Waals surface area (Å²) in [6.45, 7) is 2.06. The highest BCUT2D eigenvalue weighted by molar-refractivity contribution is 7.91. The first-order chi connectivity index (χ1) is 9.30. The van der Waals surface area contributed by atoms with Crippen LogP contribution in [0.15, 0.2) is 34.5 Å². The standard InChI is InChI=1S/C13H15ClN2O2S2/c1-9-3-6-13(19-9)20(17,18)16(2)8-10-7-11(15)4-5-12(10)14/h3-7H,8,15H2,1-2H3. The molecule has 0 amide bonds. The first-order valence-corrected chi connectivity index (χ1v) is 8.51. The lowest BCUT2D eigenvalue weighted by Crippen LogP contribution is -2.26. The third-order valence-electron chi connectivity index (χ3n) is 2.84. The van der Waals surface area contributed by atoms with Crippen molar-refractivity contribution in [3.05, 3.63) is 45.8 Å². The zero-order valence-corrected chi connectivity index (χ0v) is 13.5. The van der Waals surface area contributed by atoms with Crippen LogP contribution in [-0.2, 0) is 16.6 Å². The molecule has 1 heterocycles. The summed E-state index contributed by atoms with van der Waals surface area (Å²) < 4.78 is 26.4. The minimum Gasteiger partial charge on any atom is -0.399 e. The van der Waals surface area contributed by atoms with E-state index in [0.717, 1.165) is 4.88 Å². The fourth-order valence-corrected chi connectivity index (χ4v) is 4.57. The van der Waals surface area contributed by atoms with Gasteiger partial charge in [0.05, 0.1) is 0 Å². The lowest BCUT2D eigenvalue weighted by molar-refractivity contribution is 0.468. The maximum Gasteiger partial charge on any atom is 0.252 e. The average molecular weight is 331 g/mol. The Hall–Kier alpha value is -1.08. The van der Waals surface area contributed by atoms with E-state index < -0.39 is 10.0 Å². The number of hydrogen-bond donors (Lipinski definition) is 1. The Balaban J connectivity index is 2.27. The number of halogens is 1. The monoisotopic (exact) mass is 330 g/mol. The smallest absolute Gasteiger partial charge is 0.252 e. The topological polar surface area (TPSA) is 63.4 Å². The lowest BCUT2D eigenvalue weighted by atomic mass is 10.2. The molecule has 0 bridgehead atoms. The van der Waals surface area contributed by atoms with E-state index >= 15 is 0 Å². The molecule has 0 aliphatic rings. The van der Waals surface area contributed by atoms with Crippen molar-refractivity contribution in [3.63, 3.8) is 0 Å². The number of aryl methyl sites for hydroxylation is 1. The summed E-state index contributed by atoms with van der Waals surface area (Å²) in [5, 5.41) is 0.503. The molecule has 0 aliphatic heterocycles. The van der Waals surface area contributed by atoms with E-state index in [1.807, 2.05) is 6.92 Å². The van der Waals surface area contributed by atoms with Crippen molar-refractivity contribution < 1.29 is 8.42 Å². The predicted molar refractivity (Wildman–Crippen MR) is 83.6 cm³/mol. The molecule has 2 N–H and O–H groups in total. The first-order valence-electron chi connectivity index (χ1n) is 5.87. The van der Waals surface area contributed by atoms with Gasteiger partial charge < -0.3 is 5.73 Å². The Morgan fingerprint density at radius 1 is 1.30 bits per heavy atom. The summed E-state index contributed by atoms with van der Waals surface area (Å²) >= 11 is 7.32. The van der Waals surface area contributed by atoms with Gasteiger partial charge in [0.1, 0.15) is 4.21 Å². The van der Waals surface area contributed by atoms with Gasteiger partial charge in [0, 0.05) is 29.2 Å². The lowest BCUT2D eigenvalue weighted by Gasteiger charge is -2.17. The Morgan fingerprint density at radius 2 is 2.00 bits per heavy atom. The highest BCUT2D eigenvalue weighted by Crippen LogP contribution is 2.26. The summed E-state index contributed by atoms with van der Waals surface area (Å²) in [6, 6.07) is 8.45. The van der Waals surface area contributed by atoms with Gasteiger partial charge in [-0.1, -0.05) is 11.6 Å². The number of thiophene rings is 1. The maximum absolute atomic E-state index is 12.4. The fraction of sp³-hybridized carbons (Fsp3) is 0.231. The molecular formula is C13H15ClN2O2S2. The first kappa shape index (κ1) is 15.3. The number of anilines is 1. The van der Waals surface area contributed by atoms with Crippen LogP contribution in [0.25, 0.3) is 0 Å². The summed E-state index contributed by atoms with van der Waals surface area (Å²) in [7, 11) is -1.96. The average Bonchev–Trinajstić information content (AvgIpc) is 2.81. The van der Waals surface area contributed by atoms with Crippen LogP contribution in [0.3, 0.4) is 0 Å². The SMILES string of the molecule is Cc1ccc(S(=O)(=O)N(C)Cc2cc(N)ccc2Cl)s1. The zero-order chi connectivity index (χ0) is 14.9. The van der Waals surface area contributed by atoms with E-state index in [0.29, 0.717) is 20.5 Å². The van der Waals surface area contributed by atoms with E-state index in [9.17, 15) is 8.42 Å². The van der Waals surface area contributed by atoms with Crippen molar-refractivity contribution in [1.29, 1.82) is 0 Å². The fourth-order valence-electron chi connectivity index (χ4n) is 1.75. The number of benzene rings is 1. The Bertz CT molecular complexity index is 726. The van der Waals surface area contributed by atoms with Crippen molar-refractivity contribution in [2.24, 2.45) is 0 Å². The predicted octanol–water partition coefficient (Wildman–Crippen LogP) is 3.11. The number of rotatable bonds is 4. The van der Waals surface area contributed by atoms with Crippen LogP contribution in [0.1, 0.15) is 10.4 Å². The van der Waals surface area contributed by atoms with E-state index in [4.69, 9.17) is 17.3 Å². The minimum atomic E-state index is -3.49. The van der Waals surface area contributed by atoms with Crippen molar-refractivity contribution in [2.75, 3.05) is 12.8 Å². The van der Waals surface area contributed by atoms with Crippen molar-refractivity contribution in [3.8, 4) is 0 Å². The summed E-state index contributed by atoms with van der Waals surface area (Å²) in [5.74, 6) is 0. The molecule has 0 fully saturated rings. The summed E-state index contributed by atoms with van der Waals surface area (Å²) in [5.41, 5.74) is 6.95. The molecule has 0 spiro atoms. The molecule has 20 heavy (non-hydrogen) atoms. The van der Waals surface area contributed by atoms with Gasteiger partial charge in [-0.15, -0.1) is 11.3 Å². The van der Waals surface area contributed by atoms with Crippen LogP contribution in [-0.4, -0.2) is 19.8 Å². The van der Waals surface area contributed by atoms with Gasteiger partial charge in [0.25, 0.3) is 10.0 Å². The summed E-state index contributed by atoms with van der Waals surface area (Å²) in [6.07, 6.45) is 0. The van der Waals surface area contributed by atoms with Crippen LogP contribution in [0, 0.1) is 6.92 Å². The van der Waals surface area contributed by atoms with Crippen LogP contribution < -0.4 is 5.73 Å². The summed E-state index contributed by atoms with van der Waals surface area (Å²) in [4.78, 5) is 0.957. The van der Waals surface area contributed by atoms with E-state index in [1.165, 1.54) is 22.7 Å². The molecular weight excluding hydrogens is 316 g/mol. The third-order valence-corrected chi connectivity index (χ3v) is 6.48. The van der Waals surface area contributed by atoms with Gasteiger partial charge in [-0.3, -0.25) is 0 Å². The molecule has 0 saturated heterocycles. The number of nitrogen functional groups attached to an aromatic ring is 1. The van der Waals surface area contributed by atoms with E-state index in [1.54, 1.807) is 30.3 Å². The molecule has 7 heteroatoms. The Labute approximate surface area is 127 Å². The number of sulfonamides is 1. The molecule has 2 aromatic rings. The molecule has 1 aromatic heterocycles. The molecule has 2 rings (SSSR count). The van der Waals surface area contributed by atoms with E-state index in [-0.39, 0.29) is 6.54 Å². The van der Waals surface area contributed by atoms with Crippen LogP contribution >= 0.6 is 22.9 Å². The van der Waals surface area contributed by atoms with Gasteiger partial charge in [-0.2, -0.15) is 4.31 Å². The third kappa shape index (κ3) is 3.15.